The molecule has 0 saturated carbocycles. The Balaban J connectivity index is 1.67. The van der Waals surface area contributed by atoms with Gasteiger partial charge in [0.1, 0.15) is 0 Å². The van der Waals surface area contributed by atoms with Crippen LogP contribution in [0.5, 0.6) is 0 Å². The second kappa shape index (κ2) is 6.71. The van der Waals surface area contributed by atoms with Crippen LogP contribution in [0, 0.1) is 0 Å². The minimum absolute atomic E-state index is 0.799. The third-order valence-electron chi connectivity index (χ3n) is 4.55. The zero-order valence-electron chi connectivity index (χ0n) is 13.6. The normalized spacial score (nSPS) is 16.0. The van der Waals surface area contributed by atoms with E-state index in [1.54, 1.807) is 11.8 Å². The fourth-order valence-electron chi connectivity index (χ4n) is 3.16. The third-order valence-corrected chi connectivity index (χ3v) is 5.97. The number of benzene rings is 2. The number of aromatic nitrogens is 1. The molecule has 0 bridgehead atoms. The molecule has 4 rings (SSSR count). The summed E-state index contributed by atoms with van der Waals surface area (Å²) in [5.41, 5.74) is 2.40. The minimum Gasteiger partial charge on any atom is -0.368 e. The Labute approximate surface area is 151 Å². The molecule has 2 aromatic carbocycles. The lowest BCUT2D eigenvalue weighted by molar-refractivity contribution is 0.312. The van der Waals surface area contributed by atoms with Crippen molar-refractivity contribution in [2.24, 2.45) is 0 Å². The van der Waals surface area contributed by atoms with Crippen LogP contribution in [0.1, 0.15) is 0 Å². The van der Waals surface area contributed by atoms with E-state index in [9.17, 15) is 0 Å². The Morgan fingerprint density at radius 1 is 0.958 bits per heavy atom. The standard InChI is InChI=1S/C19H20ClN3S/c1-22-9-11-23(12-10-22)16-7-2-3-8-17(16)24-18-13-21-15-6-4-5-14(20)19(15)18/h2-8,13,21H,9-12H2,1H3. The van der Waals surface area contributed by atoms with Gasteiger partial charge in [-0.1, -0.05) is 41.6 Å². The van der Waals surface area contributed by atoms with Gasteiger partial charge in [0.15, 0.2) is 0 Å². The highest BCUT2D eigenvalue weighted by atomic mass is 35.5. The van der Waals surface area contributed by atoms with Crippen LogP contribution in [-0.2, 0) is 0 Å². The molecule has 1 aromatic heterocycles. The highest BCUT2D eigenvalue weighted by Gasteiger charge is 2.18. The second-order valence-corrected chi connectivity index (χ2v) is 7.67. The number of hydrogen-bond donors (Lipinski definition) is 1. The van der Waals surface area contributed by atoms with Gasteiger partial charge >= 0.3 is 0 Å². The van der Waals surface area contributed by atoms with Gasteiger partial charge in [-0.2, -0.15) is 0 Å². The number of fused-ring (bicyclic) bond motifs is 1. The summed E-state index contributed by atoms with van der Waals surface area (Å²) in [4.78, 5) is 10.7. The molecular formula is C19H20ClN3S. The summed E-state index contributed by atoms with van der Waals surface area (Å²) in [7, 11) is 2.19. The van der Waals surface area contributed by atoms with Crippen LogP contribution in [0.25, 0.3) is 10.9 Å². The van der Waals surface area contributed by atoms with Crippen LogP contribution in [-0.4, -0.2) is 43.1 Å². The van der Waals surface area contributed by atoms with E-state index in [0.717, 1.165) is 42.1 Å². The molecule has 0 atom stereocenters. The molecule has 124 valence electrons. The van der Waals surface area contributed by atoms with E-state index >= 15 is 0 Å². The number of nitrogens with one attached hydrogen (secondary N) is 1. The summed E-state index contributed by atoms with van der Waals surface area (Å²) < 4.78 is 0. The van der Waals surface area contributed by atoms with Crippen molar-refractivity contribution in [1.82, 2.24) is 9.88 Å². The Morgan fingerprint density at radius 2 is 1.75 bits per heavy atom. The monoisotopic (exact) mass is 357 g/mol. The number of para-hydroxylation sites is 1. The number of anilines is 1. The first-order valence-corrected chi connectivity index (χ1v) is 9.38. The van der Waals surface area contributed by atoms with Crippen LogP contribution in [0.4, 0.5) is 5.69 Å². The van der Waals surface area contributed by atoms with Gasteiger partial charge in [0, 0.05) is 53.1 Å². The van der Waals surface area contributed by atoms with E-state index in [4.69, 9.17) is 11.6 Å². The summed E-state index contributed by atoms with van der Waals surface area (Å²) in [6.07, 6.45) is 2.06. The Kier molecular flexibility index (Phi) is 4.44. The summed E-state index contributed by atoms with van der Waals surface area (Å²) in [6.45, 7) is 4.36. The van der Waals surface area contributed by atoms with Crippen LogP contribution < -0.4 is 4.90 Å². The molecule has 2 heterocycles. The quantitative estimate of drug-likeness (QED) is 0.733. The Bertz CT molecular complexity index is 853. The molecule has 5 heteroatoms. The fourth-order valence-corrected chi connectivity index (χ4v) is 4.62. The predicted octanol–water partition coefficient (Wildman–Crippen LogP) is 4.72. The van der Waals surface area contributed by atoms with Crippen molar-refractivity contribution in [3.8, 4) is 0 Å². The molecular weight excluding hydrogens is 338 g/mol. The molecule has 3 nitrogen and oxygen atoms in total. The van der Waals surface area contributed by atoms with E-state index in [1.165, 1.54) is 15.5 Å². The van der Waals surface area contributed by atoms with Crippen molar-refractivity contribution < 1.29 is 0 Å². The molecule has 0 aliphatic carbocycles. The number of hydrogen-bond acceptors (Lipinski definition) is 3. The summed E-state index contributed by atoms with van der Waals surface area (Å²) in [6, 6.07) is 14.7. The van der Waals surface area contributed by atoms with Crippen molar-refractivity contribution in [3.05, 3.63) is 53.7 Å². The number of piperazine rings is 1. The molecule has 1 aliphatic heterocycles. The number of H-pyrrole nitrogens is 1. The van der Waals surface area contributed by atoms with Crippen molar-refractivity contribution in [1.29, 1.82) is 0 Å². The predicted molar refractivity (Wildman–Crippen MR) is 104 cm³/mol. The van der Waals surface area contributed by atoms with Crippen molar-refractivity contribution in [2.45, 2.75) is 9.79 Å². The third kappa shape index (κ3) is 3.02. The van der Waals surface area contributed by atoms with Gasteiger partial charge in [-0.3, -0.25) is 0 Å². The highest BCUT2D eigenvalue weighted by molar-refractivity contribution is 7.99. The van der Waals surface area contributed by atoms with E-state index < -0.39 is 0 Å². The molecule has 1 saturated heterocycles. The molecule has 1 fully saturated rings. The largest absolute Gasteiger partial charge is 0.368 e. The van der Waals surface area contributed by atoms with Gasteiger partial charge < -0.3 is 14.8 Å². The van der Waals surface area contributed by atoms with E-state index in [2.05, 4.69) is 58.4 Å². The number of likely N-dealkylation sites (N-methyl/N-ethyl adjacent to an activating group) is 1. The number of rotatable bonds is 3. The van der Waals surface area contributed by atoms with Crippen LogP contribution in [0.3, 0.4) is 0 Å². The molecule has 24 heavy (non-hydrogen) atoms. The van der Waals surface area contributed by atoms with E-state index in [1.807, 2.05) is 12.1 Å². The lowest BCUT2D eigenvalue weighted by atomic mass is 10.2. The van der Waals surface area contributed by atoms with Crippen LogP contribution in [0.15, 0.2) is 58.5 Å². The summed E-state index contributed by atoms with van der Waals surface area (Å²) in [5, 5.41) is 1.91. The zero-order chi connectivity index (χ0) is 16.5. The van der Waals surface area contributed by atoms with Crippen LogP contribution in [0.2, 0.25) is 5.02 Å². The Hall–Kier alpha value is -1.62. The smallest absolute Gasteiger partial charge is 0.0511 e. The summed E-state index contributed by atoms with van der Waals surface area (Å²) in [5.74, 6) is 0. The molecule has 1 aliphatic rings. The first kappa shape index (κ1) is 15.9. The highest BCUT2D eigenvalue weighted by Crippen LogP contribution is 2.40. The van der Waals surface area contributed by atoms with E-state index in [0.29, 0.717) is 0 Å². The SMILES string of the molecule is CN1CCN(c2ccccc2Sc2c[nH]c3cccc(Cl)c23)CC1. The molecule has 3 aromatic rings. The first-order chi connectivity index (χ1) is 11.7. The number of aromatic amines is 1. The minimum atomic E-state index is 0.799. The zero-order valence-corrected chi connectivity index (χ0v) is 15.2. The van der Waals surface area contributed by atoms with Gasteiger partial charge in [-0.05, 0) is 31.3 Å². The average Bonchev–Trinajstić information content (AvgIpc) is 3.01. The molecule has 0 spiro atoms. The Morgan fingerprint density at radius 3 is 2.58 bits per heavy atom. The first-order valence-electron chi connectivity index (χ1n) is 8.18. The lowest BCUT2D eigenvalue weighted by Gasteiger charge is -2.35. The maximum atomic E-state index is 6.43. The molecule has 0 unspecified atom stereocenters. The molecule has 1 N–H and O–H groups in total. The maximum Gasteiger partial charge on any atom is 0.0511 e. The number of halogens is 1. The van der Waals surface area contributed by atoms with Crippen LogP contribution >= 0.6 is 23.4 Å². The van der Waals surface area contributed by atoms with E-state index in [-0.39, 0.29) is 0 Å². The lowest BCUT2D eigenvalue weighted by Crippen LogP contribution is -2.44. The van der Waals surface area contributed by atoms with Gasteiger partial charge in [0.05, 0.1) is 10.7 Å². The average molecular weight is 358 g/mol. The fraction of sp³-hybridized carbons (Fsp3) is 0.263. The molecule has 0 amide bonds. The number of nitrogens with zero attached hydrogens (tertiary/aromatic N) is 2. The van der Waals surface area contributed by atoms with Crippen molar-refractivity contribution >= 4 is 40.0 Å². The molecule has 0 radical (unpaired) electrons. The van der Waals surface area contributed by atoms with Gasteiger partial charge in [0.25, 0.3) is 0 Å². The van der Waals surface area contributed by atoms with Gasteiger partial charge in [0.2, 0.25) is 0 Å². The van der Waals surface area contributed by atoms with Crippen molar-refractivity contribution in [3.63, 3.8) is 0 Å². The van der Waals surface area contributed by atoms with Gasteiger partial charge in [-0.15, -0.1) is 0 Å². The van der Waals surface area contributed by atoms with Crippen molar-refractivity contribution in [2.75, 3.05) is 38.1 Å². The maximum absolute atomic E-state index is 6.43. The summed E-state index contributed by atoms with van der Waals surface area (Å²) >= 11 is 8.21. The topological polar surface area (TPSA) is 22.3 Å². The second-order valence-electron chi connectivity index (χ2n) is 6.18. The van der Waals surface area contributed by atoms with Gasteiger partial charge in [-0.25, -0.2) is 0 Å².